The zero-order valence-corrected chi connectivity index (χ0v) is 17.3. The number of methoxy groups -OCH3 is 2. The van der Waals surface area contributed by atoms with E-state index in [4.69, 9.17) is 14.2 Å². The van der Waals surface area contributed by atoms with Gasteiger partial charge in [0.2, 0.25) is 0 Å². The monoisotopic (exact) mass is 388 g/mol. The van der Waals surface area contributed by atoms with Gasteiger partial charge in [-0.15, -0.1) is 0 Å². The van der Waals surface area contributed by atoms with Crippen molar-refractivity contribution in [3.8, 4) is 0 Å². The molecule has 5 heteroatoms. The summed E-state index contributed by atoms with van der Waals surface area (Å²) in [4.78, 5) is 1.24. The fourth-order valence-corrected chi connectivity index (χ4v) is 3.30. The molecule has 0 aliphatic carbocycles. The van der Waals surface area contributed by atoms with Crippen molar-refractivity contribution in [2.24, 2.45) is 0 Å². The largest absolute Gasteiger partial charge is 0.385 e. The summed E-state index contributed by atoms with van der Waals surface area (Å²) >= 11 is 0. The highest BCUT2D eigenvalue weighted by Crippen LogP contribution is 2.28. The lowest BCUT2D eigenvalue weighted by Crippen LogP contribution is -3.14. The van der Waals surface area contributed by atoms with Crippen LogP contribution in [0.5, 0.6) is 0 Å². The van der Waals surface area contributed by atoms with E-state index in [1.807, 2.05) is 30.3 Å². The predicted molar refractivity (Wildman–Crippen MR) is 111 cm³/mol. The van der Waals surface area contributed by atoms with Gasteiger partial charge >= 0.3 is 0 Å². The molecule has 28 heavy (non-hydrogen) atoms. The highest BCUT2D eigenvalue weighted by molar-refractivity contribution is 5.35. The van der Waals surface area contributed by atoms with E-state index in [-0.39, 0.29) is 12.7 Å². The van der Waals surface area contributed by atoms with Crippen LogP contribution >= 0.6 is 0 Å². The van der Waals surface area contributed by atoms with Crippen LogP contribution in [0.2, 0.25) is 0 Å². The first-order valence-electron chi connectivity index (χ1n) is 9.87. The van der Waals surface area contributed by atoms with Crippen molar-refractivity contribution in [1.29, 1.82) is 0 Å². The molecular weight excluding hydrogens is 354 g/mol. The fourth-order valence-electron chi connectivity index (χ4n) is 3.30. The number of hydrogen-bond donors (Lipinski definition) is 2. The second-order valence-electron chi connectivity index (χ2n) is 7.07. The molecule has 2 rings (SSSR count). The number of ether oxygens (including phenoxy) is 3. The van der Waals surface area contributed by atoms with Gasteiger partial charge in [0.05, 0.1) is 19.8 Å². The molecule has 0 heterocycles. The molecule has 2 aromatic rings. The summed E-state index contributed by atoms with van der Waals surface area (Å²) in [6.45, 7) is 5.93. The normalized spacial score (nSPS) is 13.6. The first-order chi connectivity index (χ1) is 13.7. The van der Waals surface area contributed by atoms with Crippen molar-refractivity contribution in [2.75, 3.05) is 53.7 Å². The maximum atomic E-state index is 10.6. The molecular formula is C23H34NO4+. The standard InChI is InChI=1S/C23H33NO4/c1-19-9-7-8-12-22(19)23(20-10-5-4-6-11-20)28-18-21(25)17-24(13-15-26-2)14-16-27-3/h4-12,21,23,25H,13-18H2,1-3H3/p+1/t21-,23-/m1/s1. The van der Waals surface area contributed by atoms with E-state index in [2.05, 4.69) is 31.2 Å². The minimum atomic E-state index is -0.557. The molecule has 0 unspecified atom stereocenters. The van der Waals surface area contributed by atoms with Crippen LogP contribution in [0.4, 0.5) is 0 Å². The first kappa shape index (κ1) is 22.5. The third-order valence-electron chi connectivity index (χ3n) is 4.87. The summed E-state index contributed by atoms with van der Waals surface area (Å²) in [5.41, 5.74) is 3.40. The van der Waals surface area contributed by atoms with E-state index >= 15 is 0 Å². The summed E-state index contributed by atoms with van der Waals surface area (Å²) < 4.78 is 16.6. The molecule has 154 valence electrons. The van der Waals surface area contributed by atoms with Gasteiger partial charge in [0.25, 0.3) is 0 Å². The van der Waals surface area contributed by atoms with Crippen molar-refractivity contribution in [3.63, 3.8) is 0 Å². The molecule has 0 aliphatic heterocycles. The van der Waals surface area contributed by atoms with Gasteiger partial charge in [-0.25, -0.2) is 0 Å². The van der Waals surface area contributed by atoms with E-state index in [9.17, 15) is 5.11 Å². The van der Waals surface area contributed by atoms with E-state index in [1.165, 1.54) is 10.5 Å². The van der Waals surface area contributed by atoms with Gasteiger partial charge < -0.3 is 24.2 Å². The van der Waals surface area contributed by atoms with E-state index in [0.29, 0.717) is 19.8 Å². The van der Waals surface area contributed by atoms with Crippen LogP contribution in [0, 0.1) is 6.92 Å². The Morgan fingerprint density at radius 3 is 2.11 bits per heavy atom. The highest BCUT2D eigenvalue weighted by Gasteiger charge is 2.21. The fraction of sp³-hybridized carbons (Fsp3) is 0.478. The second-order valence-corrected chi connectivity index (χ2v) is 7.07. The minimum Gasteiger partial charge on any atom is -0.385 e. The van der Waals surface area contributed by atoms with E-state index < -0.39 is 6.10 Å². The molecule has 0 spiro atoms. The van der Waals surface area contributed by atoms with Crippen molar-refractivity contribution in [1.82, 2.24) is 0 Å². The number of aryl methyl sites for hydroxylation is 1. The summed E-state index contributed by atoms with van der Waals surface area (Å²) in [5.74, 6) is 0. The van der Waals surface area contributed by atoms with Gasteiger partial charge in [-0.2, -0.15) is 0 Å². The molecule has 2 N–H and O–H groups in total. The number of nitrogens with one attached hydrogen (secondary N) is 1. The Kier molecular flexibility index (Phi) is 10.2. The van der Waals surface area contributed by atoms with Crippen LogP contribution in [-0.2, 0) is 14.2 Å². The molecule has 0 fully saturated rings. The van der Waals surface area contributed by atoms with Gasteiger partial charge in [0.15, 0.2) is 0 Å². The van der Waals surface area contributed by atoms with Crippen molar-refractivity contribution < 1.29 is 24.2 Å². The maximum absolute atomic E-state index is 10.6. The Morgan fingerprint density at radius 2 is 1.50 bits per heavy atom. The van der Waals surface area contributed by atoms with Crippen LogP contribution in [-0.4, -0.2) is 64.9 Å². The van der Waals surface area contributed by atoms with Crippen LogP contribution in [0.15, 0.2) is 54.6 Å². The van der Waals surface area contributed by atoms with Crippen molar-refractivity contribution in [3.05, 3.63) is 71.3 Å². The third-order valence-corrected chi connectivity index (χ3v) is 4.87. The number of aliphatic hydroxyl groups is 1. The zero-order valence-electron chi connectivity index (χ0n) is 17.3. The number of hydrogen-bond acceptors (Lipinski definition) is 4. The van der Waals surface area contributed by atoms with Gasteiger partial charge in [0, 0.05) is 14.2 Å². The Morgan fingerprint density at radius 1 is 0.893 bits per heavy atom. The zero-order chi connectivity index (χ0) is 20.2. The Hall–Kier alpha value is -1.76. The Labute approximate surface area is 168 Å². The molecule has 0 bridgehead atoms. The summed E-state index contributed by atoms with van der Waals surface area (Å²) in [7, 11) is 3.39. The lowest BCUT2D eigenvalue weighted by Gasteiger charge is -2.25. The predicted octanol–water partition coefficient (Wildman–Crippen LogP) is 1.64. The lowest BCUT2D eigenvalue weighted by atomic mass is 9.97. The molecule has 0 aromatic heterocycles. The average Bonchev–Trinajstić information content (AvgIpc) is 2.72. The van der Waals surface area contributed by atoms with Crippen LogP contribution in [0.25, 0.3) is 0 Å². The summed E-state index contributed by atoms with van der Waals surface area (Å²) in [6, 6.07) is 18.4. The van der Waals surface area contributed by atoms with Gasteiger partial charge in [0.1, 0.15) is 31.8 Å². The highest BCUT2D eigenvalue weighted by atomic mass is 16.5. The number of benzene rings is 2. The molecule has 0 aliphatic rings. The second kappa shape index (κ2) is 12.6. The van der Waals surface area contributed by atoms with Crippen molar-refractivity contribution >= 4 is 0 Å². The van der Waals surface area contributed by atoms with E-state index in [1.54, 1.807) is 14.2 Å². The quantitative estimate of drug-likeness (QED) is 0.548. The molecule has 2 aromatic carbocycles. The molecule has 5 nitrogen and oxygen atoms in total. The average molecular weight is 389 g/mol. The number of rotatable bonds is 13. The molecule has 0 radical (unpaired) electrons. The summed E-state index contributed by atoms with van der Waals surface area (Å²) in [6.07, 6.45) is -0.752. The third kappa shape index (κ3) is 7.34. The number of aliphatic hydroxyl groups excluding tert-OH is 1. The van der Waals surface area contributed by atoms with Crippen LogP contribution in [0.3, 0.4) is 0 Å². The van der Waals surface area contributed by atoms with Gasteiger partial charge in [-0.3, -0.25) is 0 Å². The molecule has 0 saturated heterocycles. The van der Waals surface area contributed by atoms with Gasteiger partial charge in [-0.05, 0) is 23.6 Å². The summed E-state index contributed by atoms with van der Waals surface area (Å²) in [5, 5.41) is 10.6. The minimum absolute atomic E-state index is 0.196. The van der Waals surface area contributed by atoms with Gasteiger partial charge in [-0.1, -0.05) is 54.6 Å². The topological polar surface area (TPSA) is 52.4 Å². The van der Waals surface area contributed by atoms with Crippen molar-refractivity contribution in [2.45, 2.75) is 19.1 Å². The maximum Gasteiger partial charge on any atom is 0.126 e. The van der Waals surface area contributed by atoms with Crippen LogP contribution in [0.1, 0.15) is 22.8 Å². The Bertz CT molecular complexity index is 657. The first-order valence-corrected chi connectivity index (χ1v) is 9.87. The SMILES string of the molecule is COCC[NH+](CCOC)C[C@@H](O)CO[C@H](c1ccccc1)c1ccccc1C. The molecule has 0 amide bonds. The lowest BCUT2D eigenvalue weighted by molar-refractivity contribution is -0.904. The smallest absolute Gasteiger partial charge is 0.126 e. The van der Waals surface area contributed by atoms with E-state index in [0.717, 1.165) is 24.2 Å². The molecule has 0 saturated carbocycles. The molecule has 2 atom stereocenters. The Balaban J connectivity index is 2.03. The number of quaternary nitrogens is 1. The van der Waals surface area contributed by atoms with Crippen LogP contribution < -0.4 is 4.90 Å².